The standard InChI is InChI=1S/C35H50ClN3O7S/c1-25-7-6-9-32(40)30-12-10-27(30)23-38-16-5-4-8-28-22-29(36)14-15-35(28,2)24-46-33-13-11-26(21-31(33)38)34(41)37-47(42,43)39(25)17-18-45-20-19-44-3/h6,9,11,13-15,21-22,25,27-28,30,32,40H,4-5,7-8,10,12,16-20,23-24H2,1-3H3,(H,37,41)/b9-6+/t25-,27-,28?,30+,32-,35?/m0/s1. The fourth-order valence-corrected chi connectivity index (χ4v) is 8.64. The van der Waals surface area contributed by atoms with E-state index in [0.29, 0.717) is 38.5 Å². The zero-order valence-corrected chi connectivity index (χ0v) is 29.3. The van der Waals surface area contributed by atoms with Gasteiger partial charge in [-0.2, -0.15) is 12.7 Å². The number of allylic oxidation sites excluding steroid dienone is 3. The number of aliphatic hydroxyl groups is 1. The van der Waals surface area contributed by atoms with Crippen molar-refractivity contribution < 1.29 is 32.5 Å². The molecule has 47 heavy (non-hydrogen) atoms. The van der Waals surface area contributed by atoms with E-state index < -0.39 is 28.3 Å². The molecule has 4 aliphatic rings. The van der Waals surface area contributed by atoms with Crippen LogP contribution in [-0.2, 0) is 19.7 Å². The minimum Gasteiger partial charge on any atom is -0.490 e. The highest BCUT2D eigenvalue weighted by molar-refractivity contribution is 7.87. The molecule has 1 aromatic rings. The number of carbonyl (C=O) groups excluding carboxylic acids is 1. The summed E-state index contributed by atoms with van der Waals surface area (Å²) in [5, 5.41) is 11.9. The molecule has 0 spiro atoms. The lowest BCUT2D eigenvalue weighted by Gasteiger charge is -2.42. The van der Waals surface area contributed by atoms with E-state index in [1.807, 2.05) is 12.2 Å². The fraction of sp³-hybridized carbons (Fsp3) is 0.629. The highest BCUT2D eigenvalue weighted by atomic mass is 35.5. The third kappa shape index (κ3) is 8.80. The van der Waals surface area contributed by atoms with Gasteiger partial charge in [-0.1, -0.05) is 49.2 Å². The van der Waals surface area contributed by atoms with E-state index in [1.165, 1.54) is 4.31 Å². The number of fused-ring (bicyclic) bond motifs is 3. The van der Waals surface area contributed by atoms with Gasteiger partial charge in [-0.25, -0.2) is 4.72 Å². The van der Waals surface area contributed by atoms with Gasteiger partial charge in [0.2, 0.25) is 0 Å². The van der Waals surface area contributed by atoms with Gasteiger partial charge in [0.15, 0.2) is 0 Å². The molecule has 2 N–H and O–H groups in total. The van der Waals surface area contributed by atoms with Gasteiger partial charge in [-0.3, -0.25) is 4.79 Å². The molecule has 2 heterocycles. The SMILES string of the molecule is COCCOCCN1[C@@H](C)C/C=C/[C@H](O)[C@@H]2CC[C@H]2CN2CCCCC3C=C(Cl)C=CC3(C)COc3ccc(cc32)C(=O)NS1(=O)=O. The Balaban J connectivity index is 1.49. The van der Waals surface area contributed by atoms with E-state index in [4.69, 9.17) is 25.8 Å². The van der Waals surface area contributed by atoms with Crippen molar-refractivity contribution in [2.24, 2.45) is 23.2 Å². The Morgan fingerprint density at radius 3 is 2.77 bits per heavy atom. The van der Waals surface area contributed by atoms with Crippen molar-refractivity contribution in [2.75, 3.05) is 58.1 Å². The monoisotopic (exact) mass is 691 g/mol. The van der Waals surface area contributed by atoms with E-state index in [9.17, 15) is 18.3 Å². The number of aliphatic hydroxyl groups excluding tert-OH is 1. The molecule has 1 saturated carbocycles. The zero-order chi connectivity index (χ0) is 33.6. The van der Waals surface area contributed by atoms with Crippen LogP contribution in [-0.4, -0.2) is 89.1 Å². The molecule has 0 saturated heterocycles. The summed E-state index contributed by atoms with van der Waals surface area (Å²) >= 11 is 6.42. The van der Waals surface area contributed by atoms with Gasteiger partial charge >= 0.3 is 10.2 Å². The number of hydrogen-bond acceptors (Lipinski definition) is 8. The molecule has 12 heteroatoms. The number of methoxy groups -OCH3 is 1. The summed E-state index contributed by atoms with van der Waals surface area (Å²) in [6.45, 7) is 6.74. The van der Waals surface area contributed by atoms with Crippen molar-refractivity contribution in [1.82, 2.24) is 9.03 Å². The first-order valence-corrected chi connectivity index (χ1v) is 18.7. The van der Waals surface area contributed by atoms with Crippen LogP contribution in [0, 0.1) is 23.2 Å². The lowest BCUT2D eigenvalue weighted by atomic mass is 9.70. The highest BCUT2D eigenvalue weighted by Crippen LogP contribution is 2.43. The second-order valence-electron chi connectivity index (χ2n) is 13.6. The lowest BCUT2D eigenvalue weighted by molar-refractivity contribution is 0.0460. The Bertz CT molecular complexity index is 1450. The molecular formula is C35H50ClN3O7S. The molecule has 0 aromatic heterocycles. The Hall–Kier alpha value is -2.41. The lowest BCUT2D eigenvalue weighted by Crippen LogP contribution is -2.49. The Morgan fingerprint density at radius 1 is 1.17 bits per heavy atom. The highest BCUT2D eigenvalue weighted by Gasteiger charge is 2.38. The number of hydrogen-bond donors (Lipinski definition) is 2. The Kier molecular flexibility index (Phi) is 12.1. The maximum absolute atomic E-state index is 13.7. The first-order valence-electron chi connectivity index (χ1n) is 16.8. The summed E-state index contributed by atoms with van der Waals surface area (Å²) in [6, 6.07) is 4.67. The van der Waals surface area contributed by atoms with E-state index in [1.54, 1.807) is 38.3 Å². The predicted octanol–water partition coefficient (Wildman–Crippen LogP) is 5.05. The number of anilines is 1. The second kappa shape index (κ2) is 15.9. The molecule has 6 atom stereocenters. The first kappa shape index (κ1) is 35.9. The van der Waals surface area contributed by atoms with E-state index in [-0.39, 0.29) is 41.9 Å². The van der Waals surface area contributed by atoms with Gasteiger partial charge in [0, 0.05) is 48.8 Å². The summed E-state index contributed by atoms with van der Waals surface area (Å²) in [7, 11) is -2.67. The Labute approximate surface area is 284 Å². The van der Waals surface area contributed by atoms with Crippen molar-refractivity contribution in [1.29, 1.82) is 0 Å². The van der Waals surface area contributed by atoms with Gasteiger partial charge in [-0.05, 0) is 81.1 Å². The minimum absolute atomic E-state index is 0.0506. The molecule has 2 bridgehead atoms. The van der Waals surface area contributed by atoms with Crippen LogP contribution in [0.2, 0.25) is 0 Å². The van der Waals surface area contributed by atoms with Crippen molar-refractivity contribution in [2.45, 2.75) is 64.5 Å². The van der Waals surface area contributed by atoms with Gasteiger partial charge in [0.1, 0.15) is 5.75 Å². The molecule has 2 unspecified atom stereocenters. The molecule has 2 aliphatic heterocycles. The summed E-state index contributed by atoms with van der Waals surface area (Å²) in [5.74, 6) is 0.522. The number of amides is 1. The number of nitrogens with one attached hydrogen (secondary N) is 1. The molecule has 2 aliphatic carbocycles. The quantitative estimate of drug-likeness (QED) is 0.315. The maximum Gasteiger partial charge on any atom is 0.304 e. The number of carbonyl (C=O) groups is 1. The van der Waals surface area contributed by atoms with Gasteiger partial charge in [0.05, 0.1) is 38.2 Å². The molecule has 10 nitrogen and oxygen atoms in total. The summed E-state index contributed by atoms with van der Waals surface area (Å²) in [5.41, 5.74) is 0.726. The zero-order valence-electron chi connectivity index (χ0n) is 27.8. The second-order valence-corrected chi connectivity index (χ2v) is 15.6. The topological polar surface area (TPSA) is 118 Å². The normalized spacial score (nSPS) is 32.4. The largest absolute Gasteiger partial charge is 0.490 e. The van der Waals surface area contributed by atoms with Crippen LogP contribution in [0.15, 0.2) is 53.6 Å². The number of nitrogens with zero attached hydrogens (tertiary/aromatic N) is 2. The number of ether oxygens (including phenoxy) is 3. The van der Waals surface area contributed by atoms with Crippen LogP contribution in [0.4, 0.5) is 5.69 Å². The van der Waals surface area contributed by atoms with Crippen LogP contribution in [0.3, 0.4) is 0 Å². The minimum atomic E-state index is -4.24. The average Bonchev–Trinajstić information content (AvgIpc) is 3.03. The van der Waals surface area contributed by atoms with Crippen molar-refractivity contribution in [3.63, 3.8) is 0 Å². The van der Waals surface area contributed by atoms with Crippen LogP contribution in [0.1, 0.15) is 62.7 Å². The van der Waals surface area contributed by atoms with Crippen LogP contribution >= 0.6 is 11.6 Å². The van der Waals surface area contributed by atoms with Crippen molar-refractivity contribution in [3.8, 4) is 5.75 Å². The third-order valence-electron chi connectivity index (χ3n) is 10.2. The fourth-order valence-electron chi connectivity index (χ4n) is 7.08. The first-order chi connectivity index (χ1) is 22.5. The van der Waals surface area contributed by atoms with Crippen LogP contribution in [0.25, 0.3) is 0 Å². The van der Waals surface area contributed by atoms with E-state index in [2.05, 4.69) is 28.7 Å². The third-order valence-corrected chi connectivity index (χ3v) is 12.1. The predicted molar refractivity (Wildman–Crippen MR) is 184 cm³/mol. The molecule has 0 radical (unpaired) electrons. The summed E-state index contributed by atoms with van der Waals surface area (Å²) < 4.78 is 48.1. The number of rotatable bonds is 6. The van der Waals surface area contributed by atoms with Crippen LogP contribution in [0.5, 0.6) is 5.75 Å². The molecule has 5 rings (SSSR count). The van der Waals surface area contributed by atoms with Crippen LogP contribution < -0.4 is 14.4 Å². The Morgan fingerprint density at radius 2 is 2.00 bits per heavy atom. The molecule has 1 fully saturated rings. The van der Waals surface area contributed by atoms with Gasteiger partial charge in [0.25, 0.3) is 5.91 Å². The summed E-state index contributed by atoms with van der Waals surface area (Å²) in [4.78, 5) is 15.9. The smallest absolute Gasteiger partial charge is 0.304 e. The molecular weight excluding hydrogens is 642 g/mol. The number of benzene rings is 1. The molecule has 1 aromatic carbocycles. The molecule has 1 amide bonds. The average molecular weight is 692 g/mol. The maximum atomic E-state index is 13.7. The van der Waals surface area contributed by atoms with Gasteiger partial charge < -0.3 is 24.2 Å². The van der Waals surface area contributed by atoms with Crippen molar-refractivity contribution in [3.05, 3.63) is 59.2 Å². The van der Waals surface area contributed by atoms with E-state index >= 15 is 0 Å². The van der Waals surface area contributed by atoms with Gasteiger partial charge in [-0.15, -0.1) is 0 Å². The summed E-state index contributed by atoms with van der Waals surface area (Å²) in [6.07, 6.45) is 14.4. The molecule has 260 valence electrons. The van der Waals surface area contributed by atoms with E-state index in [0.717, 1.165) is 49.4 Å². The van der Waals surface area contributed by atoms with Crippen molar-refractivity contribution >= 4 is 33.4 Å². The number of halogens is 1.